The Balaban J connectivity index is 1.60. The number of likely N-dealkylation sites (N-methyl/N-ethyl adjacent to an activating group) is 1. The number of anilines is 1. The molecule has 0 saturated heterocycles. The molecule has 3 aromatic rings. The van der Waals surface area contributed by atoms with Crippen LogP contribution in [0.5, 0.6) is 0 Å². The monoisotopic (exact) mass is 380 g/mol. The van der Waals surface area contributed by atoms with Gasteiger partial charge in [-0.15, -0.1) is 11.3 Å². The number of amides is 1. The van der Waals surface area contributed by atoms with E-state index >= 15 is 0 Å². The van der Waals surface area contributed by atoms with Crippen molar-refractivity contribution in [3.05, 3.63) is 58.3 Å². The molecule has 1 fully saturated rings. The molecule has 1 saturated carbocycles. The van der Waals surface area contributed by atoms with Crippen LogP contribution in [-0.4, -0.2) is 42.5 Å². The van der Waals surface area contributed by atoms with E-state index in [9.17, 15) is 4.79 Å². The number of aromatic nitrogens is 1. The molecule has 4 rings (SSSR count). The average molecular weight is 381 g/mol. The molecular formula is C21H24N4OS. The van der Waals surface area contributed by atoms with Crippen LogP contribution in [-0.2, 0) is 0 Å². The highest BCUT2D eigenvalue weighted by molar-refractivity contribution is 7.10. The molecule has 1 aromatic carbocycles. The van der Waals surface area contributed by atoms with Crippen molar-refractivity contribution in [3.63, 3.8) is 0 Å². The van der Waals surface area contributed by atoms with Gasteiger partial charge < -0.3 is 15.5 Å². The molecule has 0 aliphatic heterocycles. The van der Waals surface area contributed by atoms with Gasteiger partial charge in [-0.25, -0.2) is 4.98 Å². The Bertz CT molecular complexity index is 935. The molecule has 1 aliphatic rings. The Labute approximate surface area is 163 Å². The maximum atomic E-state index is 12.7. The fraction of sp³-hybridized carbons (Fsp3) is 0.333. The second-order valence-corrected chi connectivity index (χ2v) is 8.17. The number of rotatable bonds is 7. The fourth-order valence-electron chi connectivity index (χ4n) is 3.16. The van der Waals surface area contributed by atoms with Gasteiger partial charge >= 0.3 is 0 Å². The molecule has 1 atom stereocenters. The zero-order valence-electron chi connectivity index (χ0n) is 15.6. The molecule has 1 amide bonds. The minimum absolute atomic E-state index is 0.0124. The number of nitrogens with zero attached hydrogens (tertiary/aromatic N) is 2. The number of carbonyl (C=O) groups excluding carboxylic acids is 1. The summed E-state index contributed by atoms with van der Waals surface area (Å²) in [7, 11) is 4.16. The van der Waals surface area contributed by atoms with Crippen molar-refractivity contribution in [2.45, 2.75) is 24.9 Å². The van der Waals surface area contributed by atoms with Gasteiger partial charge in [0.1, 0.15) is 5.82 Å². The molecule has 27 heavy (non-hydrogen) atoms. The smallest absolute Gasteiger partial charge is 0.252 e. The van der Waals surface area contributed by atoms with Gasteiger partial charge in [0, 0.05) is 22.8 Å². The van der Waals surface area contributed by atoms with E-state index < -0.39 is 0 Å². The number of hydrogen-bond donors (Lipinski definition) is 2. The molecule has 0 radical (unpaired) electrons. The minimum atomic E-state index is -0.0124. The van der Waals surface area contributed by atoms with E-state index in [0.29, 0.717) is 11.6 Å². The summed E-state index contributed by atoms with van der Waals surface area (Å²) in [6, 6.07) is 14.5. The quantitative estimate of drug-likeness (QED) is 0.653. The van der Waals surface area contributed by atoms with Crippen molar-refractivity contribution in [2.24, 2.45) is 0 Å². The number of pyridine rings is 1. The SMILES string of the molecule is CN(C)[C@@H](CNc1cc(C(=O)NC2CC2)c2ccccc2n1)c1cccs1. The van der Waals surface area contributed by atoms with Crippen LogP contribution in [0.3, 0.4) is 0 Å². The van der Waals surface area contributed by atoms with E-state index in [1.807, 2.05) is 30.3 Å². The van der Waals surface area contributed by atoms with Crippen molar-refractivity contribution in [1.29, 1.82) is 0 Å². The third-order valence-electron chi connectivity index (χ3n) is 4.84. The van der Waals surface area contributed by atoms with Gasteiger partial charge in [0.15, 0.2) is 0 Å². The lowest BCUT2D eigenvalue weighted by molar-refractivity contribution is 0.0952. The molecule has 1 aliphatic carbocycles. The maximum absolute atomic E-state index is 12.7. The van der Waals surface area contributed by atoms with E-state index in [0.717, 1.165) is 36.1 Å². The molecule has 0 bridgehead atoms. The molecule has 140 valence electrons. The Kier molecular flexibility index (Phi) is 5.09. The van der Waals surface area contributed by atoms with Gasteiger partial charge in [0.05, 0.1) is 17.1 Å². The predicted octanol–water partition coefficient (Wildman–Crippen LogP) is 3.90. The van der Waals surface area contributed by atoms with Gasteiger partial charge in [-0.1, -0.05) is 24.3 Å². The first-order valence-corrected chi connectivity index (χ1v) is 10.1. The highest BCUT2D eigenvalue weighted by atomic mass is 32.1. The van der Waals surface area contributed by atoms with Crippen molar-refractivity contribution < 1.29 is 4.79 Å². The fourth-order valence-corrected chi connectivity index (χ4v) is 4.09. The third kappa shape index (κ3) is 4.12. The highest BCUT2D eigenvalue weighted by Crippen LogP contribution is 2.26. The lowest BCUT2D eigenvalue weighted by Gasteiger charge is -2.24. The molecule has 5 nitrogen and oxygen atoms in total. The lowest BCUT2D eigenvalue weighted by atomic mass is 10.1. The summed E-state index contributed by atoms with van der Waals surface area (Å²) in [5.74, 6) is 0.722. The first-order valence-electron chi connectivity index (χ1n) is 9.26. The Morgan fingerprint density at radius 2 is 2.07 bits per heavy atom. The number of carbonyl (C=O) groups is 1. The lowest BCUT2D eigenvalue weighted by Crippen LogP contribution is -2.27. The summed E-state index contributed by atoms with van der Waals surface area (Å²) in [5, 5.41) is 9.53. The largest absolute Gasteiger partial charge is 0.368 e. The van der Waals surface area contributed by atoms with Crippen LogP contribution in [0.1, 0.15) is 34.1 Å². The zero-order chi connectivity index (χ0) is 18.8. The number of hydrogen-bond acceptors (Lipinski definition) is 5. The number of fused-ring (bicyclic) bond motifs is 1. The zero-order valence-corrected chi connectivity index (χ0v) is 16.4. The van der Waals surface area contributed by atoms with Crippen LogP contribution < -0.4 is 10.6 Å². The predicted molar refractivity (Wildman–Crippen MR) is 111 cm³/mol. The molecule has 6 heteroatoms. The van der Waals surface area contributed by atoms with E-state index in [1.54, 1.807) is 11.3 Å². The first kappa shape index (κ1) is 17.9. The normalized spacial score (nSPS) is 15.1. The molecule has 2 heterocycles. The van der Waals surface area contributed by atoms with E-state index in [-0.39, 0.29) is 11.9 Å². The standard InChI is InChI=1S/C21H24N4OS/c1-25(2)18(19-8-5-11-27-19)13-22-20-12-16(21(26)23-14-9-10-14)15-6-3-4-7-17(15)24-20/h3-8,11-12,14,18H,9-10,13H2,1-2H3,(H,22,24)(H,23,26)/t18-/m0/s1. The van der Waals surface area contributed by atoms with Crippen LogP contribution in [0, 0.1) is 0 Å². The second-order valence-electron chi connectivity index (χ2n) is 7.20. The summed E-state index contributed by atoms with van der Waals surface area (Å²) in [6.07, 6.45) is 2.15. The summed E-state index contributed by atoms with van der Waals surface area (Å²) in [4.78, 5) is 20.9. The van der Waals surface area contributed by atoms with Crippen molar-refractivity contribution in [2.75, 3.05) is 26.0 Å². The van der Waals surface area contributed by atoms with E-state index in [2.05, 4.69) is 47.1 Å². The second kappa shape index (κ2) is 7.66. The minimum Gasteiger partial charge on any atom is -0.368 e. The van der Waals surface area contributed by atoms with Gasteiger partial charge in [-0.05, 0) is 50.5 Å². The van der Waals surface area contributed by atoms with Crippen LogP contribution in [0.4, 0.5) is 5.82 Å². The van der Waals surface area contributed by atoms with E-state index in [1.165, 1.54) is 4.88 Å². The van der Waals surface area contributed by atoms with Gasteiger partial charge in [-0.3, -0.25) is 4.79 Å². The Morgan fingerprint density at radius 1 is 1.26 bits per heavy atom. The number of thiophene rings is 1. The Morgan fingerprint density at radius 3 is 2.78 bits per heavy atom. The molecule has 2 N–H and O–H groups in total. The summed E-state index contributed by atoms with van der Waals surface area (Å²) in [5.41, 5.74) is 1.52. The molecular weight excluding hydrogens is 356 g/mol. The highest BCUT2D eigenvalue weighted by Gasteiger charge is 2.25. The van der Waals surface area contributed by atoms with Gasteiger partial charge in [0.2, 0.25) is 0 Å². The molecule has 0 unspecified atom stereocenters. The van der Waals surface area contributed by atoms with Gasteiger partial charge in [0.25, 0.3) is 5.91 Å². The van der Waals surface area contributed by atoms with E-state index in [4.69, 9.17) is 4.98 Å². The number of para-hydroxylation sites is 1. The Hall–Kier alpha value is -2.44. The summed E-state index contributed by atoms with van der Waals surface area (Å²) in [6.45, 7) is 0.725. The summed E-state index contributed by atoms with van der Waals surface area (Å²) >= 11 is 1.75. The average Bonchev–Trinajstić information content (AvgIpc) is 3.31. The van der Waals surface area contributed by atoms with Crippen molar-refractivity contribution in [1.82, 2.24) is 15.2 Å². The maximum Gasteiger partial charge on any atom is 0.252 e. The van der Waals surface area contributed by atoms with Crippen LogP contribution in [0.25, 0.3) is 10.9 Å². The van der Waals surface area contributed by atoms with Crippen molar-refractivity contribution in [3.8, 4) is 0 Å². The van der Waals surface area contributed by atoms with Crippen LogP contribution in [0.15, 0.2) is 47.8 Å². The van der Waals surface area contributed by atoms with Crippen LogP contribution in [0.2, 0.25) is 0 Å². The first-order chi connectivity index (χ1) is 13.1. The van der Waals surface area contributed by atoms with Gasteiger partial charge in [-0.2, -0.15) is 0 Å². The molecule has 0 spiro atoms. The van der Waals surface area contributed by atoms with Crippen molar-refractivity contribution >= 4 is 34.0 Å². The topological polar surface area (TPSA) is 57.3 Å². The number of benzene rings is 1. The summed E-state index contributed by atoms with van der Waals surface area (Å²) < 4.78 is 0. The van der Waals surface area contributed by atoms with Crippen LogP contribution >= 0.6 is 11.3 Å². The third-order valence-corrected chi connectivity index (χ3v) is 5.82. The number of nitrogens with one attached hydrogen (secondary N) is 2. The molecule has 2 aromatic heterocycles.